The van der Waals surface area contributed by atoms with Gasteiger partial charge >= 0.3 is 6.09 Å². The van der Waals surface area contributed by atoms with Gasteiger partial charge in [-0.15, -0.1) is 0 Å². The van der Waals surface area contributed by atoms with Crippen molar-refractivity contribution in [1.82, 2.24) is 9.91 Å². The van der Waals surface area contributed by atoms with Gasteiger partial charge in [-0.05, 0) is 42.7 Å². The molecular weight excluding hydrogens is 519 g/mol. The molecule has 0 aliphatic carbocycles. The summed E-state index contributed by atoms with van der Waals surface area (Å²) in [5.74, 6) is 0.122. The summed E-state index contributed by atoms with van der Waals surface area (Å²) in [7, 11) is 3.13. The summed E-state index contributed by atoms with van der Waals surface area (Å²) in [6, 6.07) is 11.3. The third-order valence-electron chi connectivity index (χ3n) is 7.36. The Hall–Kier alpha value is -4.15. The molecule has 1 atom stereocenters. The highest BCUT2D eigenvalue weighted by atomic mass is 19.1. The molecule has 0 spiro atoms. The quantitative estimate of drug-likeness (QED) is 0.533. The summed E-state index contributed by atoms with van der Waals surface area (Å²) >= 11 is 0. The first-order chi connectivity index (χ1) is 19.0. The second-order valence-corrected chi connectivity index (χ2v) is 10.6. The minimum Gasteiger partial charge on any atom is -0.493 e. The van der Waals surface area contributed by atoms with Crippen LogP contribution in [0.1, 0.15) is 44.2 Å². The summed E-state index contributed by atoms with van der Waals surface area (Å²) in [5.41, 5.74) is 6.35. The van der Waals surface area contributed by atoms with Gasteiger partial charge in [0.2, 0.25) is 5.91 Å². The molecule has 2 aliphatic rings. The standard InChI is InChI=1S/C29H35FN4O6/c1-29(2)17-22(19-9-10-23(38-3)24(16-19)39-4)32-34(27(29)36)20-11-13-33(14-12-20)26(35)25(40-28(31)37)15-18-7-5-6-8-21(18)30/h5-10,16,20,25H,11-15,17H2,1-4H3,(H2,31,37)/t25-/m1/s1. The van der Waals surface area contributed by atoms with Crippen LogP contribution in [0.4, 0.5) is 9.18 Å². The number of benzene rings is 2. The molecule has 2 heterocycles. The Labute approximate surface area is 232 Å². The van der Waals surface area contributed by atoms with Crippen LogP contribution in [0.25, 0.3) is 0 Å². The maximum absolute atomic E-state index is 14.2. The molecule has 3 amide bonds. The van der Waals surface area contributed by atoms with Gasteiger partial charge in [0.1, 0.15) is 5.82 Å². The maximum Gasteiger partial charge on any atom is 0.405 e. The average molecular weight is 555 g/mol. The number of nitrogens with two attached hydrogens (primary N) is 1. The Balaban J connectivity index is 1.50. The smallest absolute Gasteiger partial charge is 0.405 e. The van der Waals surface area contributed by atoms with E-state index in [1.807, 2.05) is 26.0 Å². The lowest BCUT2D eigenvalue weighted by atomic mass is 9.82. The van der Waals surface area contributed by atoms with Crippen molar-refractivity contribution in [3.05, 3.63) is 59.4 Å². The fraction of sp³-hybridized carbons (Fsp3) is 0.448. The third kappa shape index (κ3) is 6.19. The topological polar surface area (TPSA) is 124 Å². The Kier molecular flexibility index (Phi) is 8.61. The number of carbonyl (C=O) groups is 3. The fourth-order valence-corrected chi connectivity index (χ4v) is 5.16. The van der Waals surface area contributed by atoms with Crippen LogP contribution in [0.15, 0.2) is 47.6 Å². The molecule has 2 N–H and O–H groups in total. The molecule has 0 aromatic heterocycles. The molecule has 2 aromatic carbocycles. The third-order valence-corrected chi connectivity index (χ3v) is 7.36. The molecule has 4 rings (SSSR count). The van der Waals surface area contributed by atoms with Gasteiger partial charge in [0.25, 0.3) is 5.91 Å². The molecule has 0 bridgehead atoms. The highest BCUT2D eigenvalue weighted by molar-refractivity contribution is 6.06. The number of piperidine rings is 1. The van der Waals surface area contributed by atoms with Crippen molar-refractivity contribution >= 4 is 23.6 Å². The van der Waals surface area contributed by atoms with Crippen LogP contribution in [0.5, 0.6) is 11.5 Å². The molecule has 1 saturated heterocycles. The molecule has 2 aliphatic heterocycles. The highest BCUT2D eigenvalue weighted by Gasteiger charge is 2.42. The predicted molar refractivity (Wildman–Crippen MR) is 145 cm³/mol. The molecular formula is C29H35FN4O6. The van der Waals surface area contributed by atoms with Gasteiger partial charge in [-0.3, -0.25) is 9.59 Å². The first-order valence-corrected chi connectivity index (χ1v) is 13.2. The largest absolute Gasteiger partial charge is 0.493 e. The van der Waals surface area contributed by atoms with Gasteiger partial charge in [0, 0.05) is 31.5 Å². The summed E-state index contributed by atoms with van der Waals surface area (Å²) in [5, 5.41) is 6.32. The Morgan fingerprint density at radius 2 is 1.77 bits per heavy atom. The number of amides is 3. The zero-order valence-electron chi connectivity index (χ0n) is 23.2. The minimum absolute atomic E-state index is 0.0870. The molecule has 11 heteroatoms. The number of rotatable bonds is 8. The van der Waals surface area contributed by atoms with E-state index in [9.17, 15) is 18.8 Å². The van der Waals surface area contributed by atoms with E-state index in [4.69, 9.17) is 25.0 Å². The van der Waals surface area contributed by atoms with E-state index in [0.29, 0.717) is 43.9 Å². The second kappa shape index (κ2) is 11.9. The number of carbonyl (C=O) groups excluding carboxylic acids is 3. The van der Waals surface area contributed by atoms with Crippen molar-refractivity contribution in [2.24, 2.45) is 16.3 Å². The minimum atomic E-state index is -1.25. The molecule has 1 fully saturated rings. The van der Waals surface area contributed by atoms with Crippen molar-refractivity contribution in [3.8, 4) is 11.5 Å². The van der Waals surface area contributed by atoms with Crippen LogP contribution >= 0.6 is 0 Å². The van der Waals surface area contributed by atoms with E-state index >= 15 is 0 Å². The van der Waals surface area contributed by atoms with Crippen molar-refractivity contribution in [2.45, 2.75) is 51.7 Å². The molecule has 10 nitrogen and oxygen atoms in total. The zero-order valence-corrected chi connectivity index (χ0v) is 23.2. The average Bonchev–Trinajstić information content (AvgIpc) is 2.94. The number of hydrogen-bond acceptors (Lipinski definition) is 7. The number of ether oxygens (including phenoxy) is 3. The normalized spacial score (nSPS) is 18.1. The van der Waals surface area contributed by atoms with Crippen LogP contribution in [-0.4, -0.2) is 73.0 Å². The molecule has 2 aromatic rings. The van der Waals surface area contributed by atoms with Crippen molar-refractivity contribution in [3.63, 3.8) is 0 Å². The van der Waals surface area contributed by atoms with Crippen LogP contribution in [0.3, 0.4) is 0 Å². The molecule has 0 radical (unpaired) electrons. The Bertz CT molecular complexity index is 1310. The number of halogens is 1. The fourth-order valence-electron chi connectivity index (χ4n) is 5.16. The van der Waals surface area contributed by atoms with Crippen LogP contribution in [0.2, 0.25) is 0 Å². The SMILES string of the molecule is COc1ccc(C2=NN(C3CCN(C(=O)[C@@H](Cc4ccccc4F)OC(N)=O)CC3)C(=O)C(C)(C)C2)cc1OC. The molecule has 0 unspecified atom stereocenters. The van der Waals surface area contributed by atoms with Crippen LogP contribution in [0, 0.1) is 11.2 Å². The zero-order chi connectivity index (χ0) is 29.0. The first-order valence-electron chi connectivity index (χ1n) is 13.2. The predicted octanol–water partition coefficient (Wildman–Crippen LogP) is 3.50. The summed E-state index contributed by atoms with van der Waals surface area (Å²) < 4.78 is 30.1. The van der Waals surface area contributed by atoms with Crippen molar-refractivity contribution in [2.75, 3.05) is 27.3 Å². The lowest BCUT2D eigenvalue weighted by Crippen LogP contribution is -2.54. The second-order valence-electron chi connectivity index (χ2n) is 10.6. The van der Waals surface area contributed by atoms with Gasteiger partial charge in [0.05, 0.1) is 31.4 Å². The Morgan fingerprint density at radius 1 is 1.10 bits per heavy atom. The monoisotopic (exact) mass is 554 g/mol. The van der Waals surface area contributed by atoms with Gasteiger partial charge in [-0.2, -0.15) is 5.10 Å². The number of methoxy groups -OCH3 is 2. The van der Waals surface area contributed by atoms with Gasteiger partial charge in [-0.25, -0.2) is 14.2 Å². The Morgan fingerprint density at radius 3 is 2.40 bits per heavy atom. The van der Waals surface area contributed by atoms with Gasteiger partial charge in [0.15, 0.2) is 17.6 Å². The van der Waals surface area contributed by atoms with Crippen molar-refractivity contribution in [1.29, 1.82) is 0 Å². The number of primary amides is 1. The molecule has 0 saturated carbocycles. The summed E-state index contributed by atoms with van der Waals surface area (Å²) in [4.78, 5) is 39.8. The first kappa shape index (κ1) is 28.8. The summed E-state index contributed by atoms with van der Waals surface area (Å²) in [6.45, 7) is 4.41. The van der Waals surface area contributed by atoms with Gasteiger partial charge in [-0.1, -0.05) is 32.0 Å². The van der Waals surface area contributed by atoms with Crippen LogP contribution < -0.4 is 15.2 Å². The van der Waals surface area contributed by atoms with E-state index in [1.54, 1.807) is 36.3 Å². The lowest BCUT2D eigenvalue weighted by molar-refractivity contribution is -0.147. The summed E-state index contributed by atoms with van der Waals surface area (Å²) in [6.07, 6.45) is -1.10. The van der Waals surface area contributed by atoms with E-state index < -0.39 is 29.3 Å². The molecule has 214 valence electrons. The van der Waals surface area contributed by atoms with E-state index in [2.05, 4.69) is 0 Å². The van der Waals surface area contributed by atoms with Crippen LogP contribution in [-0.2, 0) is 20.7 Å². The van der Waals surface area contributed by atoms with Gasteiger partial charge < -0.3 is 24.8 Å². The maximum atomic E-state index is 14.2. The number of likely N-dealkylation sites (tertiary alicyclic amines) is 1. The van der Waals surface area contributed by atoms with E-state index in [0.717, 1.165) is 11.3 Å². The highest BCUT2D eigenvalue weighted by Crippen LogP contribution is 2.36. The lowest BCUT2D eigenvalue weighted by Gasteiger charge is -2.42. The molecule has 40 heavy (non-hydrogen) atoms. The number of hydrogen-bond donors (Lipinski definition) is 1. The van der Waals surface area contributed by atoms with E-state index in [1.165, 1.54) is 18.2 Å². The number of nitrogens with zero attached hydrogens (tertiary/aromatic N) is 3. The van der Waals surface area contributed by atoms with E-state index in [-0.39, 0.29) is 23.9 Å². The number of hydrazone groups is 1. The van der Waals surface area contributed by atoms with Crippen molar-refractivity contribution < 1.29 is 33.0 Å².